The highest BCUT2D eigenvalue weighted by molar-refractivity contribution is 5.19. The number of pyridine rings is 1. The van der Waals surface area contributed by atoms with Crippen molar-refractivity contribution in [1.29, 1.82) is 0 Å². The van der Waals surface area contributed by atoms with E-state index in [1.807, 2.05) is 12.3 Å². The first-order valence-electron chi connectivity index (χ1n) is 6.56. The van der Waals surface area contributed by atoms with Crippen LogP contribution in [0.4, 0.5) is 0 Å². The van der Waals surface area contributed by atoms with E-state index in [-0.39, 0.29) is 0 Å². The van der Waals surface area contributed by atoms with Crippen molar-refractivity contribution in [3.63, 3.8) is 0 Å². The minimum Gasteiger partial charge on any atom is -0.325 e. The second kappa shape index (κ2) is 5.61. The highest BCUT2D eigenvalue weighted by Gasteiger charge is 2.22. The fourth-order valence-electron chi connectivity index (χ4n) is 2.53. The van der Waals surface area contributed by atoms with Crippen LogP contribution in [0.3, 0.4) is 0 Å². The third kappa shape index (κ3) is 3.05. The minimum atomic E-state index is 0.538. The Labute approximate surface area is 104 Å². The molecule has 94 valence electrons. The number of nitrogens with zero attached hydrogens (tertiary/aromatic N) is 2. The van der Waals surface area contributed by atoms with Gasteiger partial charge in [0, 0.05) is 25.8 Å². The van der Waals surface area contributed by atoms with Gasteiger partial charge in [-0.1, -0.05) is 19.9 Å². The molecule has 1 aromatic heterocycles. The maximum absolute atomic E-state index is 5.72. The quantitative estimate of drug-likeness (QED) is 0.868. The SMILES string of the molecule is CC1CCN(Cc2cccnc2CN)CC1C. The lowest BCUT2D eigenvalue weighted by Gasteiger charge is -2.35. The molecule has 3 nitrogen and oxygen atoms in total. The highest BCUT2D eigenvalue weighted by Crippen LogP contribution is 2.23. The van der Waals surface area contributed by atoms with Crippen LogP contribution < -0.4 is 5.73 Å². The van der Waals surface area contributed by atoms with Crippen LogP contribution in [-0.2, 0) is 13.1 Å². The third-order valence-corrected chi connectivity index (χ3v) is 3.99. The lowest BCUT2D eigenvalue weighted by atomic mass is 9.88. The molecular formula is C14H23N3. The van der Waals surface area contributed by atoms with Crippen LogP contribution in [0.5, 0.6) is 0 Å². The van der Waals surface area contributed by atoms with E-state index in [2.05, 4.69) is 29.8 Å². The zero-order valence-electron chi connectivity index (χ0n) is 10.9. The average molecular weight is 233 g/mol. The molecule has 0 bridgehead atoms. The summed E-state index contributed by atoms with van der Waals surface area (Å²) in [7, 11) is 0. The lowest BCUT2D eigenvalue weighted by Crippen LogP contribution is -2.38. The van der Waals surface area contributed by atoms with E-state index >= 15 is 0 Å². The number of hydrogen-bond acceptors (Lipinski definition) is 3. The predicted molar refractivity (Wildman–Crippen MR) is 70.4 cm³/mol. The van der Waals surface area contributed by atoms with Crippen molar-refractivity contribution in [1.82, 2.24) is 9.88 Å². The van der Waals surface area contributed by atoms with Crippen molar-refractivity contribution < 1.29 is 0 Å². The Bertz CT molecular complexity index is 364. The topological polar surface area (TPSA) is 42.2 Å². The number of hydrogen-bond donors (Lipinski definition) is 1. The lowest BCUT2D eigenvalue weighted by molar-refractivity contribution is 0.132. The van der Waals surface area contributed by atoms with Crippen LogP contribution in [-0.4, -0.2) is 23.0 Å². The van der Waals surface area contributed by atoms with Crippen molar-refractivity contribution in [2.24, 2.45) is 17.6 Å². The fourth-order valence-corrected chi connectivity index (χ4v) is 2.53. The molecule has 0 spiro atoms. The first kappa shape index (κ1) is 12.5. The van der Waals surface area contributed by atoms with Crippen LogP contribution in [0, 0.1) is 11.8 Å². The molecule has 2 N–H and O–H groups in total. The van der Waals surface area contributed by atoms with Crippen molar-refractivity contribution in [3.05, 3.63) is 29.6 Å². The van der Waals surface area contributed by atoms with Crippen LogP contribution >= 0.6 is 0 Å². The maximum Gasteiger partial charge on any atom is 0.0584 e. The highest BCUT2D eigenvalue weighted by atomic mass is 15.1. The van der Waals surface area contributed by atoms with E-state index in [4.69, 9.17) is 5.73 Å². The molecule has 1 fully saturated rings. The zero-order valence-corrected chi connectivity index (χ0v) is 10.9. The summed E-state index contributed by atoms with van der Waals surface area (Å²) in [5, 5.41) is 0. The van der Waals surface area contributed by atoms with E-state index in [1.54, 1.807) is 0 Å². The largest absolute Gasteiger partial charge is 0.325 e. The summed E-state index contributed by atoms with van der Waals surface area (Å²) in [5.74, 6) is 1.65. The smallest absolute Gasteiger partial charge is 0.0584 e. The van der Waals surface area contributed by atoms with Gasteiger partial charge in [0.2, 0.25) is 0 Å². The van der Waals surface area contributed by atoms with Gasteiger partial charge in [-0.05, 0) is 36.4 Å². The first-order valence-corrected chi connectivity index (χ1v) is 6.56. The van der Waals surface area contributed by atoms with Gasteiger partial charge in [-0.15, -0.1) is 0 Å². The van der Waals surface area contributed by atoms with Gasteiger partial charge in [0.1, 0.15) is 0 Å². The normalized spacial score (nSPS) is 26.1. The van der Waals surface area contributed by atoms with Gasteiger partial charge >= 0.3 is 0 Å². The monoisotopic (exact) mass is 233 g/mol. The molecule has 0 radical (unpaired) electrons. The molecule has 0 amide bonds. The van der Waals surface area contributed by atoms with E-state index in [0.717, 1.165) is 24.1 Å². The zero-order chi connectivity index (χ0) is 12.3. The number of aromatic nitrogens is 1. The number of piperidine rings is 1. The second-order valence-electron chi connectivity index (χ2n) is 5.29. The molecule has 1 saturated heterocycles. The van der Waals surface area contributed by atoms with Crippen LogP contribution in [0.15, 0.2) is 18.3 Å². The van der Waals surface area contributed by atoms with Crippen molar-refractivity contribution in [2.45, 2.75) is 33.4 Å². The molecule has 17 heavy (non-hydrogen) atoms. The van der Waals surface area contributed by atoms with E-state index in [1.165, 1.54) is 25.1 Å². The van der Waals surface area contributed by atoms with E-state index in [9.17, 15) is 0 Å². The van der Waals surface area contributed by atoms with Gasteiger partial charge in [0.25, 0.3) is 0 Å². The molecule has 1 aliphatic heterocycles. The molecule has 2 rings (SSSR count). The summed E-state index contributed by atoms with van der Waals surface area (Å²) in [6, 6.07) is 4.16. The van der Waals surface area contributed by atoms with E-state index in [0.29, 0.717) is 6.54 Å². The van der Waals surface area contributed by atoms with Gasteiger partial charge in [-0.2, -0.15) is 0 Å². The van der Waals surface area contributed by atoms with Crippen molar-refractivity contribution >= 4 is 0 Å². The molecule has 0 aromatic carbocycles. The molecule has 2 atom stereocenters. The average Bonchev–Trinajstić information content (AvgIpc) is 2.34. The number of nitrogens with two attached hydrogens (primary N) is 1. The fraction of sp³-hybridized carbons (Fsp3) is 0.643. The van der Waals surface area contributed by atoms with Crippen molar-refractivity contribution in [2.75, 3.05) is 13.1 Å². The predicted octanol–water partition coefficient (Wildman–Crippen LogP) is 2.02. The Morgan fingerprint density at radius 3 is 2.94 bits per heavy atom. The standard InChI is InChI=1S/C14H23N3/c1-11-5-7-17(9-12(11)2)10-13-4-3-6-16-14(13)8-15/h3-4,6,11-12H,5,7-10,15H2,1-2H3. The first-order chi connectivity index (χ1) is 8.20. The molecule has 1 aliphatic rings. The Morgan fingerprint density at radius 2 is 2.24 bits per heavy atom. The van der Waals surface area contributed by atoms with Crippen LogP contribution in [0.25, 0.3) is 0 Å². The number of likely N-dealkylation sites (tertiary alicyclic amines) is 1. The molecule has 2 heterocycles. The summed E-state index contributed by atoms with van der Waals surface area (Å²) in [4.78, 5) is 6.87. The molecule has 3 heteroatoms. The van der Waals surface area contributed by atoms with Crippen LogP contribution in [0.1, 0.15) is 31.5 Å². The summed E-state index contributed by atoms with van der Waals surface area (Å²) >= 11 is 0. The summed E-state index contributed by atoms with van der Waals surface area (Å²) in [6.45, 7) is 8.64. The molecular weight excluding hydrogens is 210 g/mol. The third-order valence-electron chi connectivity index (χ3n) is 3.99. The van der Waals surface area contributed by atoms with Gasteiger partial charge in [0.05, 0.1) is 5.69 Å². The maximum atomic E-state index is 5.72. The van der Waals surface area contributed by atoms with Crippen molar-refractivity contribution in [3.8, 4) is 0 Å². The van der Waals surface area contributed by atoms with Gasteiger partial charge < -0.3 is 5.73 Å². The Hall–Kier alpha value is -0.930. The van der Waals surface area contributed by atoms with Gasteiger partial charge in [-0.25, -0.2) is 0 Å². The van der Waals surface area contributed by atoms with Gasteiger partial charge in [-0.3, -0.25) is 9.88 Å². The van der Waals surface area contributed by atoms with Gasteiger partial charge in [0.15, 0.2) is 0 Å². The molecule has 1 aromatic rings. The van der Waals surface area contributed by atoms with Crippen LogP contribution in [0.2, 0.25) is 0 Å². The molecule has 0 aliphatic carbocycles. The Morgan fingerprint density at radius 1 is 1.41 bits per heavy atom. The molecule has 2 unspecified atom stereocenters. The number of rotatable bonds is 3. The Balaban J connectivity index is 2.01. The minimum absolute atomic E-state index is 0.538. The second-order valence-corrected chi connectivity index (χ2v) is 5.29. The summed E-state index contributed by atoms with van der Waals surface area (Å²) in [5.41, 5.74) is 8.05. The molecule has 0 saturated carbocycles. The summed E-state index contributed by atoms with van der Waals surface area (Å²) in [6.07, 6.45) is 3.13. The Kier molecular flexibility index (Phi) is 4.13. The summed E-state index contributed by atoms with van der Waals surface area (Å²) < 4.78 is 0. The van der Waals surface area contributed by atoms with E-state index < -0.39 is 0 Å².